The van der Waals surface area contributed by atoms with Gasteiger partial charge in [0.1, 0.15) is 0 Å². The standard InChI is InChI=1S/C11H24N2O/c1-4-11(2,14)9-13-6-5-10(8-13)7-12-3/h10,12,14H,4-9H2,1-3H3. The molecule has 0 amide bonds. The van der Waals surface area contributed by atoms with Gasteiger partial charge in [0.25, 0.3) is 0 Å². The number of nitrogens with one attached hydrogen (secondary N) is 1. The second-order valence-electron chi connectivity index (χ2n) is 4.80. The SMILES string of the molecule is CCC(C)(O)CN1CCC(CNC)C1. The molecule has 1 fully saturated rings. The van der Waals surface area contributed by atoms with E-state index in [-0.39, 0.29) is 0 Å². The number of nitrogens with zero attached hydrogens (tertiary/aromatic N) is 1. The Bertz CT molecular complexity index is 171. The van der Waals surface area contributed by atoms with E-state index in [9.17, 15) is 5.11 Å². The van der Waals surface area contributed by atoms with Crippen molar-refractivity contribution in [3.8, 4) is 0 Å². The summed E-state index contributed by atoms with van der Waals surface area (Å²) in [6.45, 7) is 8.17. The Morgan fingerprint density at radius 3 is 2.86 bits per heavy atom. The van der Waals surface area contributed by atoms with Crippen LogP contribution in [-0.4, -0.2) is 48.8 Å². The number of rotatable bonds is 5. The van der Waals surface area contributed by atoms with E-state index in [1.807, 2.05) is 20.9 Å². The Hall–Kier alpha value is -0.120. The van der Waals surface area contributed by atoms with Gasteiger partial charge in [0.05, 0.1) is 5.60 Å². The van der Waals surface area contributed by atoms with Gasteiger partial charge in [-0.3, -0.25) is 0 Å². The number of aliphatic hydroxyl groups is 1. The van der Waals surface area contributed by atoms with Crippen molar-refractivity contribution in [3.05, 3.63) is 0 Å². The molecule has 2 N–H and O–H groups in total. The Labute approximate surface area is 87.5 Å². The molecule has 0 saturated carbocycles. The predicted molar refractivity (Wildman–Crippen MR) is 59.4 cm³/mol. The van der Waals surface area contributed by atoms with Crippen LogP contribution in [0.1, 0.15) is 26.7 Å². The zero-order chi connectivity index (χ0) is 10.6. The molecule has 1 aliphatic rings. The van der Waals surface area contributed by atoms with Gasteiger partial charge in [0, 0.05) is 13.1 Å². The number of hydrogen-bond acceptors (Lipinski definition) is 3. The summed E-state index contributed by atoms with van der Waals surface area (Å²) < 4.78 is 0. The lowest BCUT2D eigenvalue weighted by Crippen LogP contribution is -2.39. The topological polar surface area (TPSA) is 35.5 Å². The molecule has 2 unspecified atom stereocenters. The lowest BCUT2D eigenvalue weighted by atomic mass is 10.0. The predicted octanol–water partition coefficient (Wildman–Crippen LogP) is 0.689. The van der Waals surface area contributed by atoms with Gasteiger partial charge in [-0.2, -0.15) is 0 Å². The smallest absolute Gasteiger partial charge is 0.0743 e. The van der Waals surface area contributed by atoms with Crippen LogP contribution in [0, 0.1) is 5.92 Å². The largest absolute Gasteiger partial charge is 0.389 e. The molecule has 3 heteroatoms. The zero-order valence-corrected chi connectivity index (χ0v) is 9.71. The first kappa shape index (κ1) is 12.0. The quantitative estimate of drug-likeness (QED) is 0.685. The first-order valence-electron chi connectivity index (χ1n) is 5.66. The third-order valence-electron chi connectivity index (χ3n) is 3.19. The Morgan fingerprint density at radius 1 is 1.57 bits per heavy atom. The van der Waals surface area contributed by atoms with E-state index < -0.39 is 5.60 Å². The highest BCUT2D eigenvalue weighted by molar-refractivity contribution is 4.82. The molecule has 3 nitrogen and oxygen atoms in total. The molecule has 1 aliphatic heterocycles. The van der Waals surface area contributed by atoms with E-state index in [0.717, 1.165) is 38.5 Å². The van der Waals surface area contributed by atoms with Crippen molar-refractivity contribution in [1.82, 2.24) is 10.2 Å². The molecule has 1 heterocycles. The normalized spacial score (nSPS) is 27.9. The van der Waals surface area contributed by atoms with Gasteiger partial charge in [-0.15, -0.1) is 0 Å². The highest BCUT2D eigenvalue weighted by Gasteiger charge is 2.27. The molecule has 0 spiro atoms. The van der Waals surface area contributed by atoms with Gasteiger partial charge in [-0.25, -0.2) is 0 Å². The monoisotopic (exact) mass is 200 g/mol. The zero-order valence-electron chi connectivity index (χ0n) is 9.71. The van der Waals surface area contributed by atoms with Crippen LogP contribution in [0.5, 0.6) is 0 Å². The van der Waals surface area contributed by atoms with Crippen LogP contribution in [0.3, 0.4) is 0 Å². The minimum atomic E-state index is -0.505. The van der Waals surface area contributed by atoms with Crippen molar-refractivity contribution in [3.63, 3.8) is 0 Å². The molecular formula is C11H24N2O. The van der Waals surface area contributed by atoms with Crippen molar-refractivity contribution in [2.45, 2.75) is 32.3 Å². The average molecular weight is 200 g/mol. The molecular weight excluding hydrogens is 176 g/mol. The highest BCUT2D eigenvalue weighted by atomic mass is 16.3. The van der Waals surface area contributed by atoms with Gasteiger partial charge in [0.2, 0.25) is 0 Å². The Morgan fingerprint density at radius 2 is 2.29 bits per heavy atom. The summed E-state index contributed by atoms with van der Waals surface area (Å²) in [5.41, 5.74) is -0.505. The second kappa shape index (κ2) is 5.10. The molecule has 84 valence electrons. The van der Waals surface area contributed by atoms with Crippen molar-refractivity contribution in [2.24, 2.45) is 5.92 Å². The third kappa shape index (κ3) is 3.56. The maximum absolute atomic E-state index is 9.94. The van der Waals surface area contributed by atoms with Gasteiger partial charge >= 0.3 is 0 Å². The molecule has 0 aromatic carbocycles. The summed E-state index contributed by atoms with van der Waals surface area (Å²) in [6, 6.07) is 0. The van der Waals surface area contributed by atoms with Crippen molar-refractivity contribution < 1.29 is 5.11 Å². The number of β-amino-alcohol motifs (C(OH)–C–C–N with tert-alkyl or cyclic N) is 1. The van der Waals surface area contributed by atoms with Crippen LogP contribution in [0.15, 0.2) is 0 Å². The summed E-state index contributed by atoms with van der Waals surface area (Å²) >= 11 is 0. The van der Waals surface area contributed by atoms with E-state index in [1.54, 1.807) is 0 Å². The lowest BCUT2D eigenvalue weighted by Gasteiger charge is -2.27. The minimum absolute atomic E-state index is 0.505. The molecule has 1 rings (SSSR count). The molecule has 0 aromatic rings. The second-order valence-corrected chi connectivity index (χ2v) is 4.80. The summed E-state index contributed by atoms with van der Waals surface area (Å²) in [6.07, 6.45) is 2.10. The molecule has 14 heavy (non-hydrogen) atoms. The fourth-order valence-corrected chi connectivity index (χ4v) is 2.11. The molecule has 2 atom stereocenters. The lowest BCUT2D eigenvalue weighted by molar-refractivity contribution is 0.0221. The van der Waals surface area contributed by atoms with E-state index in [0.29, 0.717) is 0 Å². The van der Waals surface area contributed by atoms with Crippen molar-refractivity contribution in [2.75, 3.05) is 33.2 Å². The van der Waals surface area contributed by atoms with Gasteiger partial charge in [-0.05, 0) is 45.8 Å². The van der Waals surface area contributed by atoms with Crippen LogP contribution in [0.4, 0.5) is 0 Å². The van der Waals surface area contributed by atoms with E-state index in [4.69, 9.17) is 0 Å². The highest BCUT2D eigenvalue weighted by Crippen LogP contribution is 2.19. The van der Waals surface area contributed by atoms with Crippen molar-refractivity contribution >= 4 is 0 Å². The van der Waals surface area contributed by atoms with Crippen LogP contribution in [0.2, 0.25) is 0 Å². The van der Waals surface area contributed by atoms with E-state index in [1.165, 1.54) is 6.42 Å². The molecule has 0 radical (unpaired) electrons. The first-order valence-corrected chi connectivity index (χ1v) is 5.66. The van der Waals surface area contributed by atoms with Crippen molar-refractivity contribution in [1.29, 1.82) is 0 Å². The van der Waals surface area contributed by atoms with Crippen LogP contribution in [0.25, 0.3) is 0 Å². The summed E-state index contributed by atoms with van der Waals surface area (Å²) in [5.74, 6) is 0.771. The Balaban J connectivity index is 2.28. The van der Waals surface area contributed by atoms with Crippen LogP contribution >= 0.6 is 0 Å². The van der Waals surface area contributed by atoms with Gasteiger partial charge < -0.3 is 15.3 Å². The number of likely N-dealkylation sites (tertiary alicyclic amines) is 1. The molecule has 0 bridgehead atoms. The fraction of sp³-hybridized carbons (Fsp3) is 1.00. The average Bonchev–Trinajstić information content (AvgIpc) is 2.53. The van der Waals surface area contributed by atoms with E-state index in [2.05, 4.69) is 10.2 Å². The summed E-state index contributed by atoms with van der Waals surface area (Å²) in [7, 11) is 2.00. The van der Waals surface area contributed by atoms with Crippen LogP contribution < -0.4 is 5.32 Å². The maximum atomic E-state index is 9.94. The molecule has 0 aromatic heterocycles. The van der Waals surface area contributed by atoms with E-state index >= 15 is 0 Å². The minimum Gasteiger partial charge on any atom is -0.389 e. The number of hydrogen-bond donors (Lipinski definition) is 2. The maximum Gasteiger partial charge on any atom is 0.0743 e. The molecule has 0 aliphatic carbocycles. The first-order chi connectivity index (χ1) is 6.57. The fourth-order valence-electron chi connectivity index (χ4n) is 2.11. The van der Waals surface area contributed by atoms with Crippen LogP contribution in [-0.2, 0) is 0 Å². The van der Waals surface area contributed by atoms with Gasteiger partial charge in [-0.1, -0.05) is 6.92 Å². The van der Waals surface area contributed by atoms with Gasteiger partial charge in [0.15, 0.2) is 0 Å². The third-order valence-corrected chi connectivity index (χ3v) is 3.19. The summed E-state index contributed by atoms with van der Waals surface area (Å²) in [5, 5.41) is 13.2. The Kier molecular flexibility index (Phi) is 4.35. The molecule has 1 saturated heterocycles. The summed E-state index contributed by atoms with van der Waals surface area (Å²) in [4.78, 5) is 2.38.